The molecular weight excluding hydrogens is 414 g/mol. The van der Waals surface area contributed by atoms with Gasteiger partial charge in [-0.1, -0.05) is 66.7 Å². The maximum Gasteiger partial charge on any atom is 0.326 e. The first-order valence-corrected chi connectivity index (χ1v) is 10.8. The number of aliphatic carboxylic acids is 1. The number of ether oxygens (including phenoxy) is 1. The van der Waals surface area contributed by atoms with E-state index >= 15 is 0 Å². The predicted molar refractivity (Wildman–Crippen MR) is 128 cm³/mol. The van der Waals surface area contributed by atoms with Gasteiger partial charge in [0.25, 0.3) is 5.91 Å². The molecule has 0 bridgehead atoms. The quantitative estimate of drug-likeness (QED) is 0.398. The largest absolute Gasteiger partial charge is 0.489 e. The summed E-state index contributed by atoms with van der Waals surface area (Å²) >= 11 is 0. The van der Waals surface area contributed by atoms with E-state index < -0.39 is 17.9 Å². The highest BCUT2D eigenvalue weighted by molar-refractivity contribution is 6.00. The number of benzene rings is 4. The lowest BCUT2D eigenvalue weighted by Crippen LogP contribution is -2.42. The van der Waals surface area contributed by atoms with Crippen LogP contribution in [0.25, 0.3) is 10.8 Å². The number of hydrogen-bond acceptors (Lipinski definition) is 3. The molecule has 2 N–H and O–H groups in total. The molecule has 166 valence electrons. The van der Waals surface area contributed by atoms with E-state index in [-0.39, 0.29) is 6.42 Å². The monoisotopic (exact) mass is 439 g/mol. The standard InChI is InChI=1S/C28H25NO4/c1-19-7-5-6-10-24(19)18-33-25-14-13-21-16-23(12-11-22(21)17-25)27(30)29-26(28(31)32)15-20-8-3-2-4-9-20/h2-14,16-17,26H,15,18H2,1H3,(H,29,30)(H,31,32). The molecule has 0 aliphatic rings. The van der Waals surface area contributed by atoms with Crippen LogP contribution < -0.4 is 10.1 Å². The first-order chi connectivity index (χ1) is 16.0. The van der Waals surface area contributed by atoms with Crippen molar-refractivity contribution in [1.29, 1.82) is 0 Å². The van der Waals surface area contributed by atoms with Crippen molar-refractivity contribution in [2.45, 2.75) is 26.0 Å². The van der Waals surface area contributed by atoms with Gasteiger partial charge in [0.05, 0.1) is 0 Å². The fraction of sp³-hybridized carbons (Fsp3) is 0.143. The van der Waals surface area contributed by atoms with E-state index in [0.29, 0.717) is 12.2 Å². The third-order valence-electron chi connectivity index (χ3n) is 5.62. The van der Waals surface area contributed by atoms with Gasteiger partial charge in [-0.05, 0) is 58.7 Å². The number of carboxylic acid groups (broad SMARTS) is 1. The van der Waals surface area contributed by atoms with Crippen LogP contribution in [0.3, 0.4) is 0 Å². The Morgan fingerprint density at radius 3 is 2.33 bits per heavy atom. The summed E-state index contributed by atoms with van der Waals surface area (Å²) in [6.45, 7) is 2.54. The number of carboxylic acids is 1. The summed E-state index contributed by atoms with van der Waals surface area (Å²) in [4.78, 5) is 24.4. The average molecular weight is 440 g/mol. The molecule has 33 heavy (non-hydrogen) atoms. The van der Waals surface area contributed by atoms with Crippen molar-refractivity contribution >= 4 is 22.6 Å². The minimum atomic E-state index is -1.07. The van der Waals surface area contributed by atoms with E-state index in [1.54, 1.807) is 12.1 Å². The third kappa shape index (κ3) is 5.57. The second kappa shape index (κ2) is 10.0. The Hall–Kier alpha value is -4.12. The van der Waals surface area contributed by atoms with E-state index in [9.17, 15) is 14.7 Å². The topological polar surface area (TPSA) is 75.6 Å². The van der Waals surface area contributed by atoms with E-state index in [4.69, 9.17) is 4.74 Å². The van der Waals surface area contributed by atoms with Gasteiger partial charge in [-0.25, -0.2) is 4.79 Å². The smallest absolute Gasteiger partial charge is 0.326 e. The molecule has 4 aromatic rings. The predicted octanol–water partition coefficient (Wildman–Crippen LogP) is 5.15. The lowest BCUT2D eigenvalue weighted by atomic mass is 10.0. The zero-order valence-corrected chi connectivity index (χ0v) is 18.3. The lowest BCUT2D eigenvalue weighted by Gasteiger charge is -2.15. The van der Waals surface area contributed by atoms with Gasteiger partial charge in [-0.2, -0.15) is 0 Å². The molecule has 0 saturated heterocycles. The summed E-state index contributed by atoms with van der Waals surface area (Å²) in [7, 11) is 0. The normalized spacial score (nSPS) is 11.7. The summed E-state index contributed by atoms with van der Waals surface area (Å²) < 4.78 is 5.95. The highest BCUT2D eigenvalue weighted by Gasteiger charge is 2.21. The van der Waals surface area contributed by atoms with E-state index in [1.165, 1.54) is 5.56 Å². The first kappa shape index (κ1) is 22.1. The fourth-order valence-electron chi connectivity index (χ4n) is 3.68. The van der Waals surface area contributed by atoms with Gasteiger partial charge in [0.15, 0.2) is 0 Å². The number of hydrogen-bond donors (Lipinski definition) is 2. The number of nitrogens with one attached hydrogen (secondary N) is 1. The van der Waals surface area contributed by atoms with Crippen molar-refractivity contribution < 1.29 is 19.4 Å². The molecular formula is C28H25NO4. The molecule has 5 nitrogen and oxygen atoms in total. The van der Waals surface area contributed by atoms with Crippen molar-refractivity contribution in [1.82, 2.24) is 5.32 Å². The lowest BCUT2D eigenvalue weighted by molar-refractivity contribution is -0.139. The first-order valence-electron chi connectivity index (χ1n) is 10.8. The number of fused-ring (bicyclic) bond motifs is 1. The van der Waals surface area contributed by atoms with E-state index in [2.05, 4.69) is 18.3 Å². The van der Waals surface area contributed by atoms with Crippen LogP contribution in [0.4, 0.5) is 0 Å². The number of carbonyl (C=O) groups is 2. The van der Waals surface area contributed by atoms with Crippen LogP contribution in [0.15, 0.2) is 91.0 Å². The average Bonchev–Trinajstić information content (AvgIpc) is 2.83. The van der Waals surface area contributed by atoms with Crippen molar-refractivity contribution in [2.24, 2.45) is 0 Å². The molecule has 1 amide bonds. The maximum atomic E-state index is 12.8. The Labute approximate surface area is 192 Å². The van der Waals surface area contributed by atoms with Crippen LogP contribution in [0.2, 0.25) is 0 Å². The molecule has 0 aromatic heterocycles. The maximum absolute atomic E-state index is 12.8. The Morgan fingerprint density at radius 1 is 0.879 bits per heavy atom. The van der Waals surface area contributed by atoms with Gasteiger partial charge >= 0.3 is 5.97 Å². The zero-order valence-electron chi connectivity index (χ0n) is 18.3. The van der Waals surface area contributed by atoms with E-state index in [0.717, 1.165) is 27.6 Å². The molecule has 0 spiro atoms. The van der Waals surface area contributed by atoms with E-state index in [1.807, 2.05) is 72.8 Å². The summed E-state index contributed by atoms with van der Waals surface area (Å²) in [5.74, 6) is -0.736. The molecule has 1 unspecified atom stereocenters. The SMILES string of the molecule is Cc1ccccc1COc1ccc2cc(C(=O)NC(Cc3ccccc3)C(=O)O)ccc2c1. The number of rotatable bonds is 8. The highest BCUT2D eigenvalue weighted by atomic mass is 16.5. The van der Waals surface area contributed by atoms with Gasteiger partial charge in [0.2, 0.25) is 0 Å². The highest BCUT2D eigenvalue weighted by Crippen LogP contribution is 2.23. The molecule has 0 radical (unpaired) electrons. The molecule has 0 aliphatic carbocycles. The summed E-state index contributed by atoms with van der Waals surface area (Å²) in [5.41, 5.74) is 3.58. The summed E-state index contributed by atoms with van der Waals surface area (Å²) in [5, 5.41) is 14.0. The van der Waals surface area contributed by atoms with Crippen LogP contribution in [0.5, 0.6) is 5.75 Å². The molecule has 0 saturated carbocycles. The van der Waals surface area contributed by atoms with Gasteiger partial charge in [-0.3, -0.25) is 4.79 Å². The van der Waals surface area contributed by atoms with Crippen LogP contribution in [-0.4, -0.2) is 23.0 Å². The van der Waals surface area contributed by atoms with Gasteiger partial charge in [0, 0.05) is 12.0 Å². The summed E-state index contributed by atoms with van der Waals surface area (Å²) in [6.07, 6.45) is 0.219. The van der Waals surface area contributed by atoms with Crippen LogP contribution in [-0.2, 0) is 17.8 Å². The minimum Gasteiger partial charge on any atom is -0.489 e. The number of amides is 1. The molecule has 0 fully saturated rings. The Kier molecular flexibility index (Phi) is 6.69. The third-order valence-corrected chi connectivity index (χ3v) is 5.62. The molecule has 1 atom stereocenters. The van der Waals surface area contributed by atoms with Gasteiger partial charge in [0.1, 0.15) is 18.4 Å². The van der Waals surface area contributed by atoms with Crippen molar-refractivity contribution in [3.8, 4) is 5.75 Å². The Morgan fingerprint density at radius 2 is 1.58 bits per heavy atom. The molecule has 4 aromatic carbocycles. The van der Waals surface area contributed by atoms with Crippen LogP contribution >= 0.6 is 0 Å². The molecule has 5 heteroatoms. The second-order valence-corrected chi connectivity index (χ2v) is 7.99. The Bertz CT molecular complexity index is 1280. The summed E-state index contributed by atoms with van der Waals surface area (Å²) in [6, 6.07) is 27.4. The van der Waals surface area contributed by atoms with Crippen LogP contribution in [0.1, 0.15) is 27.0 Å². The van der Waals surface area contributed by atoms with Crippen molar-refractivity contribution in [3.63, 3.8) is 0 Å². The molecule has 4 rings (SSSR count). The van der Waals surface area contributed by atoms with Crippen molar-refractivity contribution in [3.05, 3.63) is 113 Å². The Balaban J connectivity index is 1.45. The zero-order chi connectivity index (χ0) is 23.2. The van der Waals surface area contributed by atoms with Crippen LogP contribution in [0, 0.1) is 6.92 Å². The molecule has 0 aliphatic heterocycles. The van der Waals surface area contributed by atoms with Crippen molar-refractivity contribution in [2.75, 3.05) is 0 Å². The number of aryl methyl sites for hydroxylation is 1. The molecule has 0 heterocycles. The van der Waals surface area contributed by atoms with Gasteiger partial charge < -0.3 is 15.2 Å². The number of carbonyl (C=O) groups excluding carboxylic acids is 1. The minimum absolute atomic E-state index is 0.219. The second-order valence-electron chi connectivity index (χ2n) is 7.99. The fourth-order valence-corrected chi connectivity index (χ4v) is 3.68. The van der Waals surface area contributed by atoms with Gasteiger partial charge in [-0.15, -0.1) is 0 Å².